The predicted octanol–water partition coefficient (Wildman–Crippen LogP) is 1.14. The van der Waals surface area contributed by atoms with Crippen molar-refractivity contribution < 1.29 is 9.90 Å². The van der Waals surface area contributed by atoms with Crippen molar-refractivity contribution in [1.29, 1.82) is 5.41 Å². The topological polar surface area (TPSA) is 66.1 Å². The molecule has 0 spiro atoms. The van der Waals surface area contributed by atoms with Gasteiger partial charge in [-0.3, -0.25) is 10.2 Å². The number of hydrogen-bond acceptors (Lipinski definition) is 3. The molecule has 0 aliphatic carbocycles. The maximum absolute atomic E-state index is 10.1. The van der Waals surface area contributed by atoms with Crippen LogP contribution in [0.3, 0.4) is 0 Å². The summed E-state index contributed by atoms with van der Waals surface area (Å²) in [5.74, 6) is -0.920. The van der Waals surface area contributed by atoms with Gasteiger partial charge in [-0.2, -0.15) is 0 Å². The fraction of sp³-hybridized carbons (Fsp3) is 0.429. The van der Waals surface area contributed by atoms with E-state index in [0.29, 0.717) is 0 Å². The van der Waals surface area contributed by atoms with E-state index >= 15 is 0 Å². The molecule has 0 unspecified atom stereocenters. The molecule has 1 aromatic rings. The zero-order chi connectivity index (χ0) is 9.56. The number of carboxylic acids is 1. The number of nitrogens with one attached hydrogen (secondary N) is 1. The Morgan fingerprint density at radius 3 is 2.67 bits per heavy atom. The number of aliphatic carboxylic acids is 1. The van der Waals surface area contributed by atoms with Crippen LogP contribution in [-0.4, -0.2) is 15.6 Å². The Morgan fingerprint density at radius 1 is 1.75 bits per heavy atom. The van der Waals surface area contributed by atoms with Gasteiger partial charge < -0.3 is 9.67 Å². The van der Waals surface area contributed by atoms with E-state index in [-0.39, 0.29) is 11.3 Å². The van der Waals surface area contributed by atoms with Gasteiger partial charge in [-0.1, -0.05) is 13.8 Å². The van der Waals surface area contributed by atoms with E-state index in [9.17, 15) is 4.79 Å². The van der Waals surface area contributed by atoms with Crippen LogP contribution >= 0.6 is 11.3 Å². The first-order valence-electron chi connectivity index (χ1n) is 3.60. The van der Waals surface area contributed by atoms with E-state index in [1.807, 2.05) is 13.8 Å². The van der Waals surface area contributed by atoms with Gasteiger partial charge in [0.25, 0.3) is 0 Å². The minimum Gasteiger partial charge on any atom is -0.480 e. The molecule has 5 heteroatoms. The third kappa shape index (κ3) is 3.34. The highest BCUT2D eigenvalue weighted by Gasteiger charge is 1.98. The third-order valence-electron chi connectivity index (χ3n) is 0.987. The van der Waals surface area contributed by atoms with Gasteiger partial charge in [-0.05, 0) is 0 Å². The fourth-order valence-corrected chi connectivity index (χ4v) is 1.17. The molecule has 0 atom stereocenters. The molecular formula is C7H12N2O2S. The molecule has 4 nitrogen and oxygen atoms in total. The summed E-state index contributed by atoms with van der Waals surface area (Å²) in [4.78, 5) is 10.4. The lowest BCUT2D eigenvalue weighted by atomic mass is 10.6. The Hall–Kier alpha value is -1.10. The van der Waals surface area contributed by atoms with Gasteiger partial charge in [0.15, 0.2) is 4.80 Å². The molecule has 0 fully saturated rings. The van der Waals surface area contributed by atoms with Crippen LogP contribution in [0.1, 0.15) is 13.8 Å². The number of thiazole rings is 1. The molecule has 0 radical (unpaired) electrons. The van der Waals surface area contributed by atoms with Crippen LogP contribution in [0.15, 0.2) is 11.6 Å². The summed E-state index contributed by atoms with van der Waals surface area (Å²) >= 11 is 1.21. The largest absolute Gasteiger partial charge is 0.480 e. The van der Waals surface area contributed by atoms with Gasteiger partial charge in [0, 0.05) is 11.6 Å². The van der Waals surface area contributed by atoms with Crippen molar-refractivity contribution in [1.82, 2.24) is 4.57 Å². The Labute approximate surface area is 74.6 Å². The average Bonchev–Trinajstić information content (AvgIpc) is 2.40. The first-order chi connectivity index (χ1) is 5.70. The Kier molecular flexibility index (Phi) is 5.03. The van der Waals surface area contributed by atoms with Crippen molar-refractivity contribution in [3.05, 3.63) is 16.4 Å². The molecular weight excluding hydrogens is 176 g/mol. The number of rotatable bonds is 2. The van der Waals surface area contributed by atoms with Gasteiger partial charge in [0.1, 0.15) is 6.54 Å². The first kappa shape index (κ1) is 10.9. The van der Waals surface area contributed by atoms with E-state index in [4.69, 9.17) is 10.5 Å². The maximum Gasteiger partial charge on any atom is 0.323 e. The molecule has 12 heavy (non-hydrogen) atoms. The minimum absolute atomic E-state index is 0.123. The summed E-state index contributed by atoms with van der Waals surface area (Å²) in [6.07, 6.45) is 1.58. The monoisotopic (exact) mass is 188 g/mol. The highest BCUT2D eigenvalue weighted by atomic mass is 32.1. The molecule has 2 N–H and O–H groups in total. The summed E-state index contributed by atoms with van der Waals surface area (Å²) in [6.45, 7) is 3.88. The van der Waals surface area contributed by atoms with Crippen LogP contribution in [-0.2, 0) is 11.3 Å². The van der Waals surface area contributed by atoms with E-state index in [1.165, 1.54) is 15.9 Å². The smallest absolute Gasteiger partial charge is 0.323 e. The summed E-state index contributed by atoms with van der Waals surface area (Å²) in [5, 5.41) is 17.2. The van der Waals surface area contributed by atoms with Crippen molar-refractivity contribution in [2.75, 3.05) is 0 Å². The van der Waals surface area contributed by atoms with E-state index in [1.54, 1.807) is 11.6 Å². The van der Waals surface area contributed by atoms with Crippen molar-refractivity contribution in [3.8, 4) is 0 Å². The van der Waals surface area contributed by atoms with Crippen LogP contribution in [0.5, 0.6) is 0 Å². The molecule has 0 saturated carbocycles. The van der Waals surface area contributed by atoms with E-state index in [0.717, 1.165) is 0 Å². The molecule has 0 saturated heterocycles. The molecule has 1 aromatic heterocycles. The maximum atomic E-state index is 10.1. The van der Waals surface area contributed by atoms with Gasteiger partial charge in [0.2, 0.25) is 0 Å². The Morgan fingerprint density at radius 2 is 2.33 bits per heavy atom. The van der Waals surface area contributed by atoms with Crippen LogP contribution in [0.25, 0.3) is 0 Å². The van der Waals surface area contributed by atoms with Crippen LogP contribution in [0, 0.1) is 5.41 Å². The highest BCUT2D eigenvalue weighted by molar-refractivity contribution is 7.06. The number of hydrogen-bond donors (Lipinski definition) is 2. The Bertz CT molecular complexity index is 290. The van der Waals surface area contributed by atoms with Gasteiger partial charge in [-0.15, -0.1) is 11.3 Å². The molecule has 1 heterocycles. The summed E-state index contributed by atoms with van der Waals surface area (Å²) in [5.41, 5.74) is 0. The molecule has 0 aliphatic rings. The highest BCUT2D eigenvalue weighted by Crippen LogP contribution is 1.87. The second kappa shape index (κ2) is 5.54. The first-order valence-corrected chi connectivity index (χ1v) is 4.48. The Balaban J connectivity index is 0.000000561. The number of nitrogens with zero attached hydrogens (tertiary/aromatic N) is 1. The van der Waals surface area contributed by atoms with E-state index < -0.39 is 5.97 Å². The zero-order valence-electron chi connectivity index (χ0n) is 7.07. The zero-order valence-corrected chi connectivity index (χ0v) is 7.89. The molecule has 0 aliphatic heterocycles. The van der Waals surface area contributed by atoms with Gasteiger partial charge in [-0.25, -0.2) is 0 Å². The minimum atomic E-state index is -0.920. The number of carboxylic acid groups (broad SMARTS) is 1. The normalized spacial score (nSPS) is 8.50. The summed E-state index contributed by atoms with van der Waals surface area (Å²) < 4.78 is 1.37. The standard InChI is InChI=1S/C5H6N2O2S.C2H6/c6-5-7(1-2-10-5)3-4(8)9;1-2/h1-2,6H,3H2,(H,8,9);1-2H3. The molecule has 68 valence electrons. The third-order valence-corrected chi connectivity index (χ3v) is 1.70. The number of carbonyl (C=O) groups is 1. The van der Waals surface area contributed by atoms with Crippen LogP contribution in [0.2, 0.25) is 0 Å². The quantitative estimate of drug-likeness (QED) is 0.730. The average molecular weight is 188 g/mol. The van der Waals surface area contributed by atoms with Crippen molar-refractivity contribution in [2.24, 2.45) is 0 Å². The van der Waals surface area contributed by atoms with Crippen LogP contribution in [0.4, 0.5) is 0 Å². The van der Waals surface area contributed by atoms with Gasteiger partial charge in [0.05, 0.1) is 0 Å². The molecule has 0 bridgehead atoms. The van der Waals surface area contributed by atoms with Crippen molar-refractivity contribution in [2.45, 2.75) is 20.4 Å². The number of aromatic nitrogens is 1. The summed E-state index contributed by atoms with van der Waals surface area (Å²) in [6, 6.07) is 0. The molecule has 0 amide bonds. The molecule has 1 rings (SSSR count). The van der Waals surface area contributed by atoms with Crippen LogP contribution < -0.4 is 4.80 Å². The second-order valence-corrected chi connectivity index (χ2v) is 2.62. The van der Waals surface area contributed by atoms with Gasteiger partial charge >= 0.3 is 5.97 Å². The lowest BCUT2D eigenvalue weighted by Gasteiger charge is -1.93. The lowest BCUT2D eigenvalue weighted by Crippen LogP contribution is -2.17. The van der Waals surface area contributed by atoms with E-state index in [2.05, 4.69) is 0 Å². The molecule has 0 aromatic carbocycles. The predicted molar refractivity (Wildman–Crippen MR) is 47.1 cm³/mol. The fourth-order valence-electron chi connectivity index (χ4n) is 0.574. The second-order valence-electron chi connectivity index (χ2n) is 1.73. The van der Waals surface area contributed by atoms with Crippen molar-refractivity contribution >= 4 is 17.3 Å². The summed E-state index contributed by atoms with van der Waals surface area (Å²) in [7, 11) is 0. The van der Waals surface area contributed by atoms with Crippen molar-refractivity contribution in [3.63, 3.8) is 0 Å². The SMILES string of the molecule is CC.N=c1sccn1CC(=O)O. The lowest BCUT2D eigenvalue weighted by molar-refractivity contribution is -0.137.